The Morgan fingerprint density at radius 2 is 2.38 bits per heavy atom. The van der Waals surface area contributed by atoms with E-state index in [0.29, 0.717) is 12.1 Å². The Morgan fingerprint density at radius 3 is 3.14 bits per heavy atom. The molecule has 0 bridgehead atoms. The van der Waals surface area contributed by atoms with Crippen molar-refractivity contribution in [2.45, 2.75) is 31.9 Å². The second kappa shape index (κ2) is 5.48. The first-order valence-corrected chi connectivity index (χ1v) is 7.35. The van der Waals surface area contributed by atoms with Gasteiger partial charge in [0.25, 0.3) is 5.91 Å². The molecule has 1 fully saturated rings. The van der Waals surface area contributed by atoms with Gasteiger partial charge in [0.1, 0.15) is 5.71 Å². The third-order valence-corrected chi connectivity index (χ3v) is 4.21. The van der Waals surface area contributed by atoms with Gasteiger partial charge in [-0.05, 0) is 12.5 Å². The van der Waals surface area contributed by atoms with Crippen LogP contribution in [-0.4, -0.2) is 42.3 Å². The summed E-state index contributed by atoms with van der Waals surface area (Å²) in [4.78, 5) is 19.6. The number of hydrogen-bond donors (Lipinski definition) is 1. The Labute approximate surface area is 125 Å². The maximum Gasteiger partial charge on any atom is 0.268 e. The highest BCUT2D eigenvalue weighted by molar-refractivity contribution is 6.39. The van der Waals surface area contributed by atoms with Crippen molar-refractivity contribution < 1.29 is 9.63 Å². The van der Waals surface area contributed by atoms with Crippen LogP contribution >= 0.6 is 0 Å². The zero-order chi connectivity index (χ0) is 14.9. The van der Waals surface area contributed by atoms with Crippen molar-refractivity contribution in [1.82, 2.24) is 10.2 Å². The molecule has 1 aromatic rings. The number of likely N-dealkylation sites (tertiary alicyclic amines) is 1. The molecule has 0 saturated carbocycles. The first-order valence-electron chi connectivity index (χ1n) is 7.35. The van der Waals surface area contributed by atoms with Crippen LogP contribution in [0, 0.1) is 6.92 Å². The molecule has 2 aliphatic rings. The van der Waals surface area contributed by atoms with Gasteiger partial charge in [-0.25, -0.2) is 0 Å². The van der Waals surface area contributed by atoms with Crippen LogP contribution in [0.25, 0.3) is 0 Å². The van der Waals surface area contributed by atoms with Crippen molar-refractivity contribution >= 4 is 11.6 Å². The lowest BCUT2D eigenvalue weighted by molar-refractivity contribution is -0.114. The average molecular weight is 287 g/mol. The summed E-state index contributed by atoms with van der Waals surface area (Å²) in [5, 5.41) is 6.58. The molecule has 1 saturated heterocycles. The van der Waals surface area contributed by atoms with Crippen LogP contribution in [0.3, 0.4) is 0 Å². The van der Waals surface area contributed by atoms with Gasteiger partial charge in [-0.15, -0.1) is 0 Å². The Bertz CT molecular complexity index is 585. The molecule has 1 amide bonds. The molecule has 1 aromatic carbocycles. The first-order chi connectivity index (χ1) is 10.1. The molecule has 5 nitrogen and oxygen atoms in total. The minimum atomic E-state index is -0.300. The zero-order valence-corrected chi connectivity index (χ0v) is 12.6. The molecular weight excluding hydrogens is 266 g/mol. The summed E-state index contributed by atoms with van der Waals surface area (Å²) in [6.45, 7) is 4.83. The van der Waals surface area contributed by atoms with E-state index in [1.54, 1.807) is 7.05 Å². The number of amides is 1. The van der Waals surface area contributed by atoms with Gasteiger partial charge in [-0.1, -0.05) is 35.0 Å². The molecule has 0 aromatic heterocycles. The molecule has 0 radical (unpaired) electrons. The lowest BCUT2D eigenvalue weighted by Crippen LogP contribution is -2.36. The Balaban J connectivity index is 1.60. The van der Waals surface area contributed by atoms with Crippen LogP contribution < -0.4 is 5.32 Å². The highest BCUT2D eigenvalue weighted by Gasteiger charge is 2.46. The lowest BCUT2D eigenvalue weighted by Gasteiger charge is -2.21. The molecule has 112 valence electrons. The molecule has 3 rings (SSSR count). The maximum absolute atomic E-state index is 11.6. The van der Waals surface area contributed by atoms with Crippen molar-refractivity contribution in [3.05, 3.63) is 35.4 Å². The normalized spacial score (nSPS) is 25.0. The minimum absolute atomic E-state index is 0.135. The van der Waals surface area contributed by atoms with Crippen molar-refractivity contribution in [3.63, 3.8) is 0 Å². The predicted molar refractivity (Wildman–Crippen MR) is 81.0 cm³/mol. The van der Waals surface area contributed by atoms with Crippen molar-refractivity contribution in [2.75, 3.05) is 20.1 Å². The number of carbonyl (C=O) groups is 1. The number of oxime groups is 1. The smallest absolute Gasteiger partial charge is 0.268 e. The summed E-state index contributed by atoms with van der Waals surface area (Å²) in [5.41, 5.74) is 2.81. The second-order valence-electron chi connectivity index (χ2n) is 6.02. The third-order valence-electron chi connectivity index (χ3n) is 4.21. The summed E-state index contributed by atoms with van der Waals surface area (Å²) in [6, 6.07) is 8.57. The van der Waals surface area contributed by atoms with E-state index in [1.807, 2.05) is 0 Å². The van der Waals surface area contributed by atoms with E-state index in [1.165, 1.54) is 11.1 Å². The van der Waals surface area contributed by atoms with E-state index in [9.17, 15) is 4.79 Å². The van der Waals surface area contributed by atoms with E-state index < -0.39 is 0 Å². The van der Waals surface area contributed by atoms with Gasteiger partial charge in [0, 0.05) is 39.5 Å². The monoisotopic (exact) mass is 287 g/mol. The minimum Gasteiger partial charge on any atom is -0.387 e. The van der Waals surface area contributed by atoms with Gasteiger partial charge >= 0.3 is 0 Å². The van der Waals surface area contributed by atoms with E-state index in [-0.39, 0.29) is 11.5 Å². The number of aryl methyl sites for hydroxylation is 1. The van der Waals surface area contributed by atoms with E-state index >= 15 is 0 Å². The molecule has 21 heavy (non-hydrogen) atoms. The summed E-state index contributed by atoms with van der Waals surface area (Å²) >= 11 is 0. The summed E-state index contributed by atoms with van der Waals surface area (Å²) < 4.78 is 0. The highest BCUT2D eigenvalue weighted by Crippen LogP contribution is 2.34. The van der Waals surface area contributed by atoms with Crippen LogP contribution in [0.15, 0.2) is 29.4 Å². The third kappa shape index (κ3) is 2.93. The number of benzene rings is 1. The summed E-state index contributed by atoms with van der Waals surface area (Å²) in [5.74, 6) is -0.135. The largest absolute Gasteiger partial charge is 0.387 e. The van der Waals surface area contributed by atoms with Crippen molar-refractivity contribution in [3.8, 4) is 0 Å². The molecule has 2 aliphatic heterocycles. The van der Waals surface area contributed by atoms with Crippen LogP contribution in [0.4, 0.5) is 0 Å². The maximum atomic E-state index is 11.6. The van der Waals surface area contributed by atoms with E-state index in [0.717, 1.165) is 26.1 Å². The van der Waals surface area contributed by atoms with Gasteiger partial charge in [0.15, 0.2) is 5.60 Å². The molecular formula is C16H21N3O2. The van der Waals surface area contributed by atoms with Crippen molar-refractivity contribution in [2.24, 2.45) is 5.16 Å². The molecule has 2 heterocycles. The standard InChI is InChI=1S/C16H21N3O2/c1-12-4-3-5-13(8-12)10-19-7-6-16(11-19)9-14(18-21-16)15(20)17-2/h3-5,8H,6-7,9-11H2,1-2H3,(H,17,20)/t16-/m0/s1. The number of nitrogens with one attached hydrogen (secondary N) is 1. The lowest BCUT2D eigenvalue weighted by atomic mass is 9.96. The predicted octanol–water partition coefficient (Wildman–Crippen LogP) is 1.46. The molecule has 1 atom stereocenters. The van der Waals surface area contributed by atoms with Gasteiger partial charge in [-0.2, -0.15) is 0 Å². The van der Waals surface area contributed by atoms with Crippen LogP contribution in [0.2, 0.25) is 0 Å². The number of nitrogens with zero attached hydrogens (tertiary/aromatic N) is 2. The number of rotatable bonds is 3. The summed E-state index contributed by atoms with van der Waals surface area (Å²) in [7, 11) is 1.62. The molecule has 1 N–H and O–H groups in total. The van der Waals surface area contributed by atoms with Crippen molar-refractivity contribution in [1.29, 1.82) is 0 Å². The fourth-order valence-electron chi connectivity index (χ4n) is 3.14. The van der Waals surface area contributed by atoms with Gasteiger partial charge in [0.2, 0.25) is 0 Å². The summed E-state index contributed by atoms with van der Waals surface area (Å²) in [6.07, 6.45) is 1.53. The van der Waals surface area contributed by atoms with E-state index in [4.69, 9.17) is 4.84 Å². The van der Waals surface area contributed by atoms with Gasteiger partial charge in [-0.3, -0.25) is 9.69 Å². The SMILES string of the molecule is CNC(=O)C1=NO[C@@]2(CCN(Cc3cccc(C)c3)C2)C1. The molecule has 0 aliphatic carbocycles. The Morgan fingerprint density at radius 1 is 1.52 bits per heavy atom. The fraction of sp³-hybridized carbons (Fsp3) is 0.500. The van der Waals surface area contributed by atoms with Crippen LogP contribution in [0.5, 0.6) is 0 Å². The molecule has 5 heteroatoms. The quantitative estimate of drug-likeness (QED) is 0.916. The molecule has 1 spiro atoms. The number of hydrogen-bond acceptors (Lipinski definition) is 4. The van der Waals surface area contributed by atoms with Gasteiger partial charge < -0.3 is 10.2 Å². The second-order valence-corrected chi connectivity index (χ2v) is 6.02. The van der Waals surface area contributed by atoms with Crippen LogP contribution in [-0.2, 0) is 16.2 Å². The number of carbonyl (C=O) groups excluding carboxylic acids is 1. The van der Waals surface area contributed by atoms with Gasteiger partial charge in [0.05, 0.1) is 0 Å². The van der Waals surface area contributed by atoms with E-state index in [2.05, 4.69) is 46.6 Å². The topological polar surface area (TPSA) is 53.9 Å². The fourth-order valence-corrected chi connectivity index (χ4v) is 3.14. The first kappa shape index (κ1) is 14.1. The molecule has 0 unspecified atom stereocenters. The van der Waals surface area contributed by atoms with Crippen LogP contribution in [0.1, 0.15) is 24.0 Å². The Hall–Kier alpha value is -1.88. The highest BCUT2D eigenvalue weighted by atomic mass is 16.7. The average Bonchev–Trinajstić information content (AvgIpc) is 3.06. The Kier molecular flexibility index (Phi) is 3.68. The zero-order valence-electron chi connectivity index (χ0n) is 12.6.